The molecule has 120 valence electrons. The number of aromatic amines is 1. The van der Waals surface area contributed by atoms with Crippen molar-refractivity contribution < 1.29 is 13.2 Å². The summed E-state index contributed by atoms with van der Waals surface area (Å²) in [5, 5.41) is 4.95. The molecule has 0 saturated heterocycles. The van der Waals surface area contributed by atoms with Gasteiger partial charge in [-0.25, -0.2) is 4.98 Å². The molecule has 0 atom stereocenters. The van der Waals surface area contributed by atoms with Crippen LogP contribution >= 0.6 is 0 Å². The zero-order chi connectivity index (χ0) is 16.7. The minimum atomic E-state index is -4.45. The fourth-order valence-corrected chi connectivity index (χ4v) is 2.65. The van der Waals surface area contributed by atoms with Crippen LogP contribution in [-0.2, 0) is 6.18 Å². The molecule has 4 aromatic rings. The summed E-state index contributed by atoms with van der Waals surface area (Å²) in [7, 11) is 0. The van der Waals surface area contributed by atoms with E-state index in [1.807, 2.05) is 36.5 Å². The van der Waals surface area contributed by atoms with Gasteiger partial charge in [0, 0.05) is 28.5 Å². The molecule has 3 nitrogen and oxygen atoms in total. The summed E-state index contributed by atoms with van der Waals surface area (Å²) in [5.41, 5.74) is 1.92. The summed E-state index contributed by atoms with van der Waals surface area (Å²) in [5.74, 6) is 0. The second-order valence-corrected chi connectivity index (χ2v) is 5.51. The molecule has 2 N–H and O–H groups in total. The molecule has 0 saturated carbocycles. The fraction of sp³-hybridized carbons (Fsp3) is 0.0556. The van der Waals surface area contributed by atoms with Crippen molar-refractivity contribution in [3.05, 3.63) is 66.5 Å². The predicted octanol–water partition coefficient (Wildman–Crippen LogP) is 5.48. The molecule has 0 amide bonds. The van der Waals surface area contributed by atoms with E-state index < -0.39 is 11.9 Å². The Morgan fingerprint density at radius 3 is 2.33 bits per heavy atom. The van der Waals surface area contributed by atoms with Gasteiger partial charge in [-0.15, -0.1) is 0 Å². The number of halogens is 3. The highest BCUT2D eigenvalue weighted by Crippen LogP contribution is 2.30. The molecule has 6 heteroatoms. The Morgan fingerprint density at radius 1 is 0.833 bits per heavy atom. The van der Waals surface area contributed by atoms with Gasteiger partial charge in [0.2, 0.25) is 0 Å². The first kappa shape index (κ1) is 14.6. The van der Waals surface area contributed by atoms with Crippen LogP contribution in [0.1, 0.15) is 5.69 Å². The maximum atomic E-state index is 12.8. The summed E-state index contributed by atoms with van der Waals surface area (Å²) in [6.07, 6.45) is -2.59. The highest BCUT2D eigenvalue weighted by molar-refractivity contribution is 5.86. The molecule has 2 aromatic heterocycles. The molecule has 0 radical (unpaired) electrons. The van der Waals surface area contributed by atoms with Crippen LogP contribution in [0, 0.1) is 0 Å². The number of aromatic nitrogens is 2. The van der Waals surface area contributed by atoms with Gasteiger partial charge in [0.05, 0.1) is 5.52 Å². The average molecular weight is 327 g/mol. The van der Waals surface area contributed by atoms with Gasteiger partial charge in [0.1, 0.15) is 5.69 Å². The van der Waals surface area contributed by atoms with Crippen molar-refractivity contribution in [1.82, 2.24) is 9.97 Å². The van der Waals surface area contributed by atoms with E-state index in [9.17, 15) is 13.2 Å². The van der Waals surface area contributed by atoms with E-state index in [1.54, 1.807) is 12.1 Å². The van der Waals surface area contributed by atoms with Crippen molar-refractivity contribution in [2.24, 2.45) is 0 Å². The third kappa shape index (κ3) is 2.67. The Bertz CT molecular complexity index is 1030. The Balaban J connectivity index is 1.70. The Kier molecular flexibility index (Phi) is 3.19. The highest BCUT2D eigenvalue weighted by atomic mass is 19.4. The Hall–Kier alpha value is -3.02. The van der Waals surface area contributed by atoms with Crippen molar-refractivity contribution in [3.8, 4) is 0 Å². The lowest BCUT2D eigenvalue weighted by Crippen LogP contribution is -2.07. The number of alkyl halides is 3. The summed E-state index contributed by atoms with van der Waals surface area (Å²) in [4.78, 5) is 6.84. The molecular weight excluding hydrogens is 315 g/mol. The smallest absolute Gasteiger partial charge is 0.361 e. The number of nitrogens with zero attached hydrogens (tertiary/aromatic N) is 1. The highest BCUT2D eigenvalue weighted by Gasteiger charge is 2.32. The van der Waals surface area contributed by atoms with Gasteiger partial charge < -0.3 is 10.3 Å². The number of nitrogens with one attached hydrogen (secondary N) is 2. The van der Waals surface area contributed by atoms with Gasteiger partial charge in [-0.1, -0.05) is 18.2 Å². The first-order valence-electron chi connectivity index (χ1n) is 7.31. The SMILES string of the molecule is FC(F)(F)c1ccc2ccc(Nc3ccc4cc[nH]c4c3)cc2n1. The minimum Gasteiger partial charge on any atom is -0.361 e. The van der Waals surface area contributed by atoms with Crippen LogP contribution in [0.25, 0.3) is 21.8 Å². The zero-order valence-corrected chi connectivity index (χ0v) is 12.4. The predicted molar refractivity (Wildman–Crippen MR) is 88.3 cm³/mol. The van der Waals surface area contributed by atoms with Gasteiger partial charge in [0.25, 0.3) is 0 Å². The third-order valence-electron chi connectivity index (χ3n) is 3.83. The van der Waals surface area contributed by atoms with E-state index in [1.165, 1.54) is 6.07 Å². The lowest BCUT2D eigenvalue weighted by atomic mass is 10.1. The van der Waals surface area contributed by atoms with Gasteiger partial charge >= 0.3 is 6.18 Å². The molecule has 2 heterocycles. The number of H-pyrrole nitrogens is 1. The molecular formula is C18H12F3N3. The van der Waals surface area contributed by atoms with E-state index in [-0.39, 0.29) is 0 Å². The van der Waals surface area contributed by atoms with Crippen molar-refractivity contribution in [2.45, 2.75) is 6.18 Å². The van der Waals surface area contributed by atoms with Crippen LogP contribution in [0.2, 0.25) is 0 Å². The van der Waals surface area contributed by atoms with Crippen LogP contribution in [0.5, 0.6) is 0 Å². The summed E-state index contributed by atoms with van der Waals surface area (Å²) in [6.45, 7) is 0. The zero-order valence-electron chi connectivity index (χ0n) is 12.4. The van der Waals surface area contributed by atoms with E-state index in [0.717, 1.165) is 22.7 Å². The maximum Gasteiger partial charge on any atom is 0.433 e. The summed E-state index contributed by atoms with van der Waals surface area (Å²) in [6, 6.07) is 15.4. The van der Waals surface area contributed by atoms with E-state index in [4.69, 9.17) is 0 Å². The molecule has 0 unspecified atom stereocenters. The standard InChI is InChI=1S/C18H12F3N3/c19-18(20,21)17-6-3-11-1-4-14(10-16(11)24-17)23-13-5-2-12-7-8-22-15(12)9-13/h1-10,22-23H. The number of pyridine rings is 1. The normalized spacial score (nSPS) is 12.0. The van der Waals surface area contributed by atoms with Crippen LogP contribution in [0.3, 0.4) is 0 Å². The minimum absolute atomic E-state index is 0.302. The van der Waals surface area contributed by atoms with Crippen LogP contribution in [0.4, 0.5) is 24.5 Å². The number of benzene rings is 2. The number of rotatable bonds is 2. The second kappa shape index (κ2) is 5.26. The van der Waals surface area contributed by atoms with E-state index in [2.05, 4.69) is 15.3 Å². The Labute approximate surface area is 135 Å². The number of hydrogen-bond acceptors (Lipinski definition) is 2. The van der Waals surface area contributed by atoms with Gasteiger partial charge in [-0.05, 0) is 41.8 Å². The van der Waals surface area contributed by atoms with Crippen molar-refractivity contribution in [1.29, 1.82) is 0 Å². The van der Waals surface area contributed by atoms with Gasteiger partial charge in [-0.2, -0.15) is 13.2 Å². The van der Waals surface area contributed by atoms with Crippen molar-refractivity contribution >= 4 is 33.2 Å². The van der Waals surface area contributed by atoms with Crippen LogP contribution < -0.4 is 5.32 Å². The molecule has 2 aromatic carbocycles. The molecule has 0 aliphatic rings. The first-order chi connectivity index (χ1) is 11.5. The van der Waals surface area contributed by atoms with Crippen LogP contribution in [-0.4, -0.2) is 9.97 Å². The molecule has 0 spiro atoms. The van der Waals surface area contributed by atoms with E-state index in [0.29, 0.717) is 16.6 Å². The van der Waals surface area contributed by atoms with Crippen molar-refractivity contribution in [2.75, 3.05) is 5.32 Å². The fourth-order valence-electron chi connectivity index (χ4n) is 2.65. The molecule has 0 fully saturated rings. The molecule has 0 aliphatic heterocycles. The van der Waals surface area contributed by atoms with Crippen molar-refractivity contribution in [3.63, 3.8) is 0 Å². The lowest BCUT2D eigenvalue weighted by Gasteiger charge is -2.10. The Morgan fingerprint density at radius 2 is 1.54 bits per heavy atom. The molecule has 0 bridgehead atoms. The average Bonchev–Trinajstić information content (AvgIpc) is 3.01. The lowest BCUT2D eigenvalue weighted by molar-refractivity contribution is -0.140. The molecule has 0 aliphatic carbocycles. The number of fused-ring (bicyclic) bond motifs is 2. The number of anilines is 2. The van der Waals surface area contributed by atoms with Crippen LogP contribution in [0.15, 0.2) is 60.8 Å². The molecule has 4 rings (SSSR count). The molecule has 24 heavy (non-hydrogen) atoms. The monoisotopic (exact) mass is 327 g/mol. The first-order valence-corrected chi connectivity index (χ1v) is 7.31. The second-order valence-electron chi connectivity index (χ2n) is 5.51. The summed E-state index contributed by atoms with van der Waals surface area (Å²) >= 11 is 0. The largest absolute Gasteiger partial charge is 0.433 e. The summed E-state index contributed by atoms with van der Waals surface area (Å²) < 4.78 is 38.4. The topological polar surface area (TPSA) is 40.7 Å². The van der Waals surface area contributed by atoms with Gasteiger partial charge in [0.15, 0.2) is 0 Å². The number of hydrogen-bond donors (Lipinski definition) is 2. The quantitative estimate of drug-likeness (QED) is 0.512. The maximum absolute atomic E-state index is 12.8. The van der Waals surface area contributed by atoms with E-state index >= 15 is 0 Å². The van der Waals surface area contributed by atoms with Gasteiger partial charge in [-0.3, -0.25) is 0 Å². The third-order valence-corrected chi connectivity index (χ3v) is 3.83.